The van der Waals surface area contributed by atoms with Crippen molar-refractivity contribution in [2.45, 2.75) is 33.1 Å². The van der Waals surface area contributed by atoms with E-state index in [4.69, 9.17) is 5.84 Å². The van der Waals surface area contributed by atoms with Gasteiger partial charge in [0.25, 0.3) is 0 Å². The molecule has 0 aliphatic carbocycles. The first-order valence-electron chi connectivity index (χ1n) is 4.77. The van der Waals surface area contributed by atoms with Gasteiger partial charge in [0.05, 0.1) is 0 Å². The zero-order chi connectivity index (χ0) is 10.1. The van der Waals surface area contributed by atoms with E-state index >= 15 is 0 Å². The second-order valence-corrected chi connectivity index (χ2v) is 4.41. The van der Waals surface area contributed by atoms with Crippen molar-refractivity contribution in [1.29, 1.82) is 0 Å². The summed E-state index contributed by atoms with van der Waals surface area (Å²) in [5, 5.41) is 0. The first kappa shape index (κ1) is 12.8. The van der Waals surface area contributed by atoms with Crippen LogP contribution in [0.4, 0.5) is 0 Å². The van der Waals surface area contributed by atoms with Crippen LogP contribution in [0.25, 0.3) is 0 Å². The van der Waals surface area contributed by atoms with Crippen LogP contribution in [0.3, 0.4) is 0 Å². The number of carbonyl (C=O) groups is 1. The minimum absolute atomic E-state index is 0.0656. The van der Waals surface area contributed by atoms with Gasteiger partial charge in [-0.25, -0.2) is 5.84 Å². The molecule has 78 valence electrons. The van der Waals surface area contributed by atoms with Crippen LogP contribution in [-0.4, -0.2) is 17.4 Å². The molecule has 0 aromatic carbocycles. The van der Waals surface area contributed by atoms with Crippen molar-refractivity contribution in [2.24, 2.45) is 11.8 Å². The first-order valence-corrected chi connectivity index (χ1v) is 5.93. The van der Waals surface area contributed by atoms with Crippen LogP contribution in [0.1, 0.15) is 33.1 Å². The Morgan fingerprint density at radius 2 is 2.31 bits per heavy atom. The predicted molar refractivity (Wildman–Crippen MR) is 58.3 cm³/mol. The summed E-state index contributed by atoms with van der Waals surface area (Å²) in [6.45, 7) is 4.45. The van der Waals surface area contributed by atoms with Crippen molar-refractivity contribution in [3.63, 3.8) is 0 Å². The maximum absolute atomic E-state index is 10.7. The summed E-state index contributed by atoms with van der Waals surface area (Å²) >= 11 is 1.92. The summed E-state index contributed by atoms with van der Waals surface area (Å²) in [4.78, 5) is 10.7. The Morgan fingerprint density at radius 1 is 1.62 bits per heavy atom. The van der Waals surface area contributed by atoms with E-state index in [1.54, 1.807) is 0 Å². The fraction of sp³-hybridized carbons (Fsp3) is 0.889. The third-order valence-electron chi connectivity index (χ3n) is 1.95. The zero-order valence-electron chi connectivity index (χ0n) is 8.51. The van der Waals surface area contributed by atoms with Gasteiger partial charge < -0.3 is 0 Å². The van der Waals surface area contributed by atoms with Crippen LogP contribution in [0.5, 0.6) is 0 Å². The molecule has 3 nitrogen and oxygen atoms in total. The van der Waals surface area contributed by atoms with Crippen molar-refractivity contribution in [2.75, 3.05) is 11.5 Å². The normalized spacial score (nSPS) is 12.5. The average molecular weight is 204 g/mol. The number of rotatable bonds is 7. The molecule has 1 atom stereocenters. The summed E-state index contributed by atoms with van der Waals surface area (Å²) in [5.74, 6) is 7.92. The van der Waals surface area contributed by atoms with E-state index in [2.05, 4.69) is 19.3 Å². The van der Waals surface area contributed by atoms with E-state index in [-0.39, 0.29) is 5.91 Å². The SMILES string of the molecule is CCC(C)CSCCCC(=O)NN. The monoisotopic (exact) mass is 204 g/mol. The first-order chi connectivity index (χ1) is 6.20. The second kappa shape index (κ2) is 8.38. The molecule has 0 heterocycles. The molecule has 0 radical (unpaired) electrons. The molecular formula is C9H20N2OS. The van der Waals surface area contributed by atoms with Crippen LogP contribution in [0.15, 0.2) is 0 Å². The van der Waals surface area contributed by atoms with Gasteiger partial charge in [-0.15, -0.1) is 0 Å². The molecule has 0 aromatic rings. The Balaban J connectivity index is 3.12. The van der Waals surface area contributed by atoms with Crippen molar-refractivity contribution >= 4 is 17.7 Å². The lowest BCUT2D eigenvalue weighted by molar-refractivity contribution is -0.121. The highest BCUT2D eigenvalue weighted by molar-refractivity contribution is 7.99. The molecule has 1 unspecified atom stereocenters. The summed E-state index contributed by atoms with van der Waals surface area (Å²) in [6, 6.07) is 0. The summed E-state index contributed by atoms with van der Waals surface area (Å²) in [6.07, 6.45) is 2.70. The minimum Gasteiger partial charge on any atom is -0.294 e. The molecule has 3 N–H and O–H groups in total. The Hall–Kier alpha value is -0.220. The highest BCUT2D eigenvalue weighted by Crippen LogP contribution is 2.12. The Kier molecular flexibility index (Phi) is 8.24. The predicted octanol–water partition coefficient (Wildman–Crippen LogP) is 1.54. The molecule has 0 saturated heterocycles. The quantitative estimate of drug-likeness (QED) is 0.286. The molecule has 0 aliphatic heterocycles. The number of thioether (sulfide) groups is 1. The van der Waals surface area contributed by atoms with E-state index in [0.717, 1.165) is 18.1 Å². The van der Waals surface area contributed by atoms with E-state index in [1.807, 2.05) is 11.8 Å². The van der Waals surface area contributed by atoms with Gasteiger partial charge in [0.15, 0.2) is 0 Å². The molecule has 0 spiro atoms. The third-order valence-corrected chi connectivity index (χ3v) is 3.33. The third kappa shape index (κ3) is 8.12. The number of carbonyl (C=O) groups excluding carboxylic acids is 1. The molecule has 4 heteroatoms. The molecular weight excluding hydrogens is 184 g/mol. The molecule has 0 aromatic heterocycles. The number of amides is 1. The molecule has 0 saturated carbocycles. The lowest BCUT2D eigenvalue weighted by atomic mass is 10.2. The molecule has 0 rings (SSSR count). The topological polar surface area (TPSA) is 55.1 Å². The summed E-state index contributed by atoms with van der Waals surface area (Å²) in [7, 11) is 0. The van der Waals surface area contributed by atoms with Crippen LogP contribution in [-0.2, 0) is 4.79 Å². The fourth-order valence-corrected chi connectivity index (χ4v) is 1.96. The van der Waals surface area contributed by atoms with E-state index in [0.29, 0.717) is 6.42 Å². The van der Waals surface area contributed by atoms with Crippen molar-refractivity contribution < 1.29 is 4.79 Å². The van der Waals surface area contributed by atoms with E-state index in [1.165, 1.54) is 12.2 Å². The zero-order valence-corrected chi connectivity index (χ0v) is 9.32. The number of nitrogens with one attached hydrogen (secondary N) is 1. The van der Waals surface area contributed by atoms with E-state index in [9.17, 15) is 4.79 Å². The largest absolute Gasteiger partial charge is 0.294 e. The molecule has 0 bridgehead atoms. The van der Waals surface area contributed by atoms with Gasteiger partial charge in [0, 0.05) is 6.42 Å². The van der Waals surface area contributed by atoms with Crippen LogP contribution >= 0.6 is 11.8 Å². The Morgan fingerprint density at radius 3 is 2.85 bits per heavy atom. The van der Waals surface area contributed by atoms with Gasteiger partial charge in [-0.3, -0.25) is 10.2 Å². The second-order valence-electron chi connectivity index (χ2n) is 3.26. The lowest BCUT2D eigenvalue weighted by Gasteiger charge is -2.06. The van der Waals surface area contributed by atoms with Gasteiger partial charge in [-0.1, -0.05) is 20.3 Å². The van der Waals surface area contributed by atoms with Gasteiger partial charge in [-0.2, -0.15) is 11.8 Å². The molecule has 0 aliphatic rings. The Labute approximate surface area is 84.8 Å². The Bertz CT molecular complexity index is 142. The van der Waals surface area contributed by atoms with Crippen molar-refractivity contribution in [3.05, 3.63) is 0 Å². The van der Waals surface area contributed by atoms with Crippen molar-refractivity contribution in [3.8, 4) is 0 Å². The lowest BCUT2D eigenvalue weighted by Crippen LogP contribution is -2.29. The summed E-state index contributed by atoms with van der Waals surface area (Å²) < 4.78 is 0. The van der Waals surface area contributed by atoms with Crippen molar-refractivity contribution in [1.82, 2.24) is 5.43 Å². The smallest absolute Gasteiger partial charge is 0.233 e. The minimum atomic E-state index is -0.0656. The van der Waals surface area contributed by atoms with Gasteiger partial charge in [-0.05, 0) is 23.8 Å². The number of hydrogen-bond donors (Lipinski definition) is 2. The van der Waals surface area contributed by atoms with Crippen LogP contribution in [0.2, 0.25) is 0 Å². The number of hydrogen-bond acceptors (Lipinski definition) is 3. The number of hydrazine groups is 1. The number of nitrogens with two attached hydrogens (primary N) is 1. The van der Waals surface area contributed by atoms with Gasteiger partial charge in [0.2, 0.25) is 5.91 Å². The van der Waals surface area contributed by atoms with E-state index < -0.39 is 0 Å². The molecule has 1 amide bonds. The fourth-order valence-electron chi connectivity index (χ4n) is 0.809. The van der Waals surface area contributed by atoms with Crippen LogP contribution < -0.4 is 11.3 Å². The van der Waals surface area contributed by atoms with Gasteiger partial charge in [0.1, 0.15) is 0 Å². The van der Waals surface area contributed by atoms with Crippen LogP contribution in [0, 0.1) is 5.92 Å². The molecule has 0 fully saturated rings. The standard InChI is InChI=1S/C9H20N2OS/c1-3-8(2)7-13-6-4-5-9(12)11-10/h8H,3-7,10H2,1-2H3,(H,11,12). The molecule has 13 heavy (non-hydrogen) atoms. The maximum atomic E-state index is 10.7. The highest BCUT2D eigenvalue weighted by Gasteiger charge is 2.00. The summed E-state index contributed by atoms with van der Waals surface area (Å²) in [5.41, 5.74) is 2.13. The maximum Gasteiger partial charge on any atom is 0.233 e. The average Bonchev–Trinajstić information content (AvgIpc) is 2.16. The highest BCUT2D eigenvalue weighted by atomic mass is 32.2. The van der Waals surface area contributed by atoms with Gasteiger partial charge >= 0.3 is 0 Å².